The van der Waals surface area contributed by atoms with Crippen molar-refractivity contribution in [2.45, 2.75) is 6.54 Å². The number of aromatic amines is 1. The van der Waals surface area contributed by atoms with Gasteiger partial charge in [0.1, 0.15) is 5.69 Å². The van der Waals surface area contributed by atoms with Crippen LogP contribution in [0.5, 0.6) is 0 Å². The molecular weight excluding hydrogens is 272 g/mol. The molecule has 0 unspecified atom stereocenters. The number of carbonyl (C=O) groups excluding carboxylic acids is 1. The molecule has 0 aromatic carbocycles. The summed E-state index contributed by atoms with van der Waals surface area (Å²) in [6.07, 6.45) is 6.06. The minimum atomic E-state index is -0.619. The monoisotopic (exact) mass is 284 g/mol. The molecule has 0 aliphatic carbocycles. The van der Waals surface area contributed by atoms with Gasteiger partial charge in [-0.3, -0.25) is 15.0 Å². The van der Waals surface area contributed by atoms with E-state index in [4.69, 9.17) is 5.21 Å². The molecule has 0 fully saturated rings. The lowest BCUT2D eigenvalue weighted by atomic mass is 10.3. The quantitative estimate of drug-likeness (QED) is 0.371. The summed E-state index contributed by atoms with van der Waals surface area (Å²) in [6, 6.07) is 5.77. The van der Waals surface area contributed by atoms with Crippen LogP contribution in [0, 0.1) is 0 Å². The van der Waals surface area contributed by atoms with E-state index in [0.29, 0.717) is 12.2 Å². The molecule has 8 nitrogen and oxygen atoms in total. The maximum atomic E-state index is 10.9. The molecule has 0 aliphatic rings. The second-order valence-corrected chi connectivity index (χ2v) is 4.38. The lowest BCUT2D eigenvalue weighted by Gasteiger charge is -1.95. The molecule has 0 spiro atoms. The first-order valence-corrected chi connectivity index (χ1v) is 6.19. The lowest BCUT2D eigenvalue weighted by molar-refractivity contribution is -0.124. The molecule has 3 aromatic heterocycles. The molecule has 3 rings (SSSR count). The summed E-state index contributed by atoms with van der Waals surface area (Å²) < 4.78 is 1.64. The number of hydrogen-bond acceptors (Lipinski definition) is 5. The minimum absolute atomic E-state index is 0.517. The van der Waals surface area contributed by atoms with Gasteiger partial charge in [0, 0.05) is 18.0 Å². The molecule has 3 N–H and O–H groups in total. The Morgan fingerprint density at radius 1 is 1.52 bits per heavy atom. The second-order valence-electron chi connectivity index (χ2n) is 4.38. The predicted octanol–water partition coefficient (Wildman–Crippen LogP) is 0.721. The van der Waals surface area contributed by atoms with E-state index in [-0.39, 0.29) is 0 Å². The summed E-state index contributed by atoms with van der Waals surface area (Å²) >= 11 is 0. The number of hydroxylamine groups is 1. The van der Waals surface area contributed by atoms with Crippen molar-refractivity contribution in [3.8, 4) is 0 Å². The van der Waals surface area contributed by atoms with Crippen LogP contribution in [0.25, 0.3) is 17.1 Å². The van der Waals surface area contributed by atoms with Crippen LogP contribution in [0.3, 0.4) is 0 Å². The van der Waals surface area contributed by atoms with Gasteiger partial charge in [0.05, 0.1) is 23.8 Å². The molecule has 3 aromatic rings. The van der Waals surface area contributed by atoms with Crippen molar-refractivity contribution in [1.82, 2.24) is 30.4 Å². The van der Waals surface area contributed by atoms with Gasteiger partial charge in [-0.2, -0.15) is 0 Å². The van der Waals surface area contributed by atoms with Gasteiger partial charge in [0.15, 0.2) is 0 Å². The number of aromatic nitrogens is 5. The summed E-state index contributed by atoms with van der Waals surface area (Å²) in [4.78, 5) is 18.4. The van der Waals surface area contributed by atoms with Crippen molar-refractivity contribution >= 4 is 23.0 Å². The Morgan fingerprint density at radius 2 is 2.43 bits per heavy atom. The average Bonchev–Trinajstić information content (AvgIpc) is 3.10. The number of nitrogens with one attached hydrogen (secondary N) is 2. The fourth-order valence-corrected chi connectivity index (χ4v) is 1.94. The number of hydrogen-bond donors (Lipinski definition) is 3. The van der Waals surface area contributed by atoms with Gasteiger partial charge in [-0.25, -0.2) is 10.2 Å². The van der Waals surface area contributed by atoms with Crippen LogP contribution < -0.4 is 5.48 Å². The fraction of sp³-hybridized carbons (Fsp3) is 0.0769. The molecule has 0 saturated carbocycles. The number of H-pyrrole nitrogens is 1. The molecular formula is C13H12N6O2. The van der Waals surface area contributed by atoms with Crippen molar-refractivity contribution in [1.29, 1.82) is 0 Å². The van der Waals surface area contributed by atoms with Crippen LogP contribution in [0.15, 0.2) is 36.7 Å². The van der Waals surface area contributed by atoms with Crippen LogP contribution in [0.4, 0.5) is 0 Å². The summed E-state index contributed by atoms with van der Waals surface area (Å²) in [5, 5.41) is 16.3. The Morgan fingerprint density at radius 3 is 3.24 bits per heavy atom. The molecule has 3 heterocycles. The van der Waals surface area contributed by atoms with E-state index in [1.165, 1.54) is 17.6 Å². The van der Waals surface area contributed by atoms with E-state index >= 15 is 0 Å². The SMILES string of the molecule is O=C(C=Cc1cn(Cc2cc3ncccc3[nH]2)nn1)NO. The Labute approximate surface area is 119 Å². The summed E-state index contributed by atoms with van der Waals surface area (Å²) in [5.74, 6) is -0.619. The molecule has 106 valence electrons. The molecule has 0 bridgehead atoms. The van der Waals surface area contributed by atoms with Crippen molar-refractivity contribution in [2.24, 2.45) is 0 Å². The van der Waals surface area contributed by atoms with E-state index in [2.05, 4.69) is 20.3 Å². The predicted molar refractivity (Wildman–Crippen MR) is 74.2 cm³/mol. The van der Waals surface area contributed by atoms with Gasteiger partial charge in [-0.1, -0.05) is 5.21 Å². The van der Waals surface area contributed by atoms with E-state index in [1.807, 2.05) is 18.2 Å². The number of fused-ring (bicyclic) bond motifs is 1. The van der Waals surface area contributed by atoms with Gasteiger partial charge >= 0.3 is 0 Å². The Bertz CT molecular complexity index is 771. The minimum Gasteiger partial charge on any atom is -0.356 e. The van der Waals surface area contributed by atoms with Crippen molar-refractivity contribution in [3.05, 3.63) is 48.1 Å². The summed E-state index contributed by atoms with van der Waals surface area (Å²) in [7, 11) is 0. The van der Waals surface area contributed by atoms with E-state index in [0.717, 1.165) is 16.7 Å². The van der Waals surface area contributed by atoms with Gasteiger partial charge in [-0.15, -0.1) is 5.10 Å². The first-order chi connectivity index (χ1) is 10.2. The summed E-state index contributed by atoms with van der Waals surface area (Å²) in [5.41, 5.74) is 4.84. The van der Waals surface area contributed by atoms with Crippen molar-refractivity contribution < 1.29 is 10.0 Å². The van der Waals surface area contributed by atoms with E-state index in [1.54, 1.807) is 17.1 Å². The zero-order valence-electron chi connectivity index (χ0n) is 10.9. The highest BCUT2D eigenvalue weighted by molar-refractivity contribution is 5.90. The van der Waals surface area contributed by atoms with Crippen molar-refractivity contribution in [3.63, 3.8) is 0 Å². The lowest BCUT2D eigenvalue weighted by Crippen LogP contribution is -2.14. The number of carbonyl (C=O) groups is 1. The fourth-order valence-electron chi connectivity index (χ4n) is 1.94. The van der Waals surface area contributed by atoms with Gasteiger partial charge in [0.2, 0.25) is 0 Å². The zero-order chi connectivity index (χ0) is 14.7. The largest absolute Gasteiger partial charge is 0.356 e. The highest BCUT2D eigenvalue weighted by Crippen LogP contribution is 2.12. The standard InChI is InChI=1S/C13H12N6O2/c20-13(17-21)4-3-9-7-19(18-16-9)8-10-6-12-11(15-10)2-1-5-14-12/h1-7,15,21H,8H2,(H,17,20). The Balaban J connectivity index is 1.74. The van der Waals surface area contributed by atoms with Gasteiger partial charge < -0.3 is 4.98 Å². The van der Waals surface area contributed by atoms with Crippen LogP contribution in [-0.2, 0) is 11.3 Å². The van der Waals surface area contributed by atoms with Gasteiger partial charge in [0.25, 0.3) is 5.91 Å². The first-order valence-electron chi connectivity index (χ1n) is 6.19. The molecule has 0 saturated heterocycles. The van der Waals surface area contributed by atoms with Crippen LogP contribution in [0.1, 0.15) is 11.4 Å². The van der Waals surface area contributed by atoms with E-state index < -0.39 is 5.91 Å². The third-order valence-corrected chi connectivity index (χ3v) is 2.85. The van der Waals surface area contributed by atoms with Gasteiger partial charge in [-0.05, 0) is 24.3 Å². The van der Waals surface area contributed by atoms with Crippen LogP contribution >= 0.6 is 0 Å². The molecule has 0 atom stereocenters. The number of pyridine rings is 1. The zero-order valence-corrected chi connectivity index (χ0v) is 10.9. The maximum Gasteiger partial charge on any atom is 0.267 e. The molecule has 1 amide bonds. The Kier molecular flexibility index (Phi) is 3.44. The first kappa shape index (κ1) is 13.0. The number of nitrogens with zero attached hydrogens (tertiary/aromatic N) is 4. The average molecular weight is 284 g/mol. The molecule has 21 heavy (non-hydrogen) atoms. The molecule has 0 aliphatic heterocycles. The smallest absolute Gasteiger partial charge is 0.267 e. The van der Waals surface area contributed by atoms with Crippen LogP contribution in [-0.4, -0.2) is 36.1 Å². The van der Waals surface area contributed by atoms with Crippen molar-refractivity contribution in [2.75, 3.05) is 0 Å². The summed E-state index contributed by atoms with van der Waals surface area (Å²) in [6.45, 7) is 0.517. The molecule has 0 radical (unpaired) electrons. The highest BCUT2D eigenvalue weighted by atomic mass is 16.5. The van der Waals surface area contributed by atoms with E-state index in [9.17, 15) is 4.79 Å². The Hall–Kier alpha value is -3.00. The topological polar surface area (TPSA) is 109 Å². The number of rotatable bonds is 4. The maximum absolute atomic E-state index is 10.9. The number of amides is 1. The third-order valence-electron chi connectivity index (χ3n) is 2.85. The van der Waals surface area contributed by atoms with Crippen LogP contribution in [0.2, 0.25) is 0 Å². The normalized spacial score (nSPS) is 11.3. The second kappa shape index (κ2) is 5.55. The molecule has 8 heteroatoms. The third kappa shape index (κ3) is 2.95. The highest BCUT2D eigenvalue weighted by Gasteiger charge is 2.04.